The Hall–Kier alpha value is -1.84. The van der Waals surface area contributed by atoms with Crippen molar-refractivity contribution in [1.29, 1.82) is 0 Å². The second-order valence-corrected chi connectivity index (χ2v) is 7.99. The quantitative estimate of drug-likeness (QED) is 0.870. The molecule has 4 nitrogen and oxygen atoms in total. The Labute approximate surface area is 149 Å². The molecule has 1 aromatic carbocycles. The first kappa shape index (κ1) is 16.6. The van der Waals surface area contributed by atoms with Gasteiger partial charge < -0.3 is 10.0 Å². The van der Waals surface area contributed by atoms with Crippen molar-refractivity contribution >= 4 is 11.9 Å². The van der Waals surface area contributed by atoms with Gasteiger partial charge in [0.2, 0.25) is 0 Å². The summed E-state index contributed by atoms with van der Waals surface area (Å²) in [5.41, 5.74) is 0.808. The number of carboxylic acid groups (broad SMARTS) is 1. The number of nitrogens with zero attached hydrogens (tertiary/aromatic N) is 1. The van der Waals surface area contributed by atoms with Gasteiger partial charge in [0.25, 0.3) is 5.91 Å². The predicted molar refractivity (Wildman–Crippen MR) is 95.7 cm³/mol. The fourth-order valence-corrected chi connectivity index (χ4v) is 5.63. The van der Waals surface area contributed by atoms with Gasteiger partial charge in [-0.2, -0.15) is 0 Å². The van der Waals surface area contributed by atoms with Gasteiger partial charge in [-0.1, -0.05) is 56.7 Å². The summed E-state index contributed by atoms with van der Waals surface area (Å²) in [5, 5.41) is 10.2. The normalized spacial score (nSPS) is 26.5. The van der Waals surface area contributed by atoms with Crippen LogP contribution in [-0.4, -0.2) is 33.5 Å². The standard InChI is InChI=1S/C21H27NO3/c23-19-17-12-6-5-11-16(17)18(20(24)25)21(13-7-2-8-14-21)22(19)15-9-3-1-4-10-15/h5-6,11-12,15,18H,1-4,7-10,13-14H2,(H,24,25)/t18-/m1/s1. The molecular weight excluding hydrogens is 314 g/mol. The fourth-order valence-electron chi connectivity index (χ4n) is 5.63. The Balaban J connectivity index is 1.88. The number of benzene rings is 1. The van der Waals surface area contributed by atoms with E-state index in [-0.39, 0.29) is 11.9 Å². The molecule has 1 amide bonds. The van der Waals surface area contributed by atoms with Crippen molar-refractivity contribution in [2.24, 2.45) is 0 Å². The molecule has 2 saturated carbocycles. The summed E-state index contributed by atoms with van der Waals surface area (Å²) in [5.74, 6) is -1.30. The summed E-state index contributed by atoms with van der Waals surface area (Å²) < 4.78 is 0. The summed E-state index contributed by atoms with van der Waals surface area (Å²) in [6.45, 7) is 0. The molecule has 3 aliphatic rings. The minimum atomic E-state index is -0.775. The molecule has 1 atom stereocenters. The summed E-state index contributed by atoms with van der Waals surface area (Å²) in [6, 6.07) is 7.61. The molecule has 4 rings (SSSR count). The molecule has 0 saturated heterocycles. The number of carboxylic acids is 1. The van der Waals surface area contributed by atoms with Gasteiger partial charge in [-0.25, -0.2) is 0 Å². The lowest BCUT2D eigenvalue weighted by Gasteiger charge is -2.56. The SMILES string of the molecule is O=C(O)[C@H]1c2ccccc2C(=O)N(C2CCCCC2)C12CCCCC2. The molecule has 1 heterocycles. The molecule has 1 aliphatic heterocycles. The lowest BCUT2D eigenvalue weighted by Crippen LogP contribution is -2.64. The molecule has 0 bridgehead atoms. The van der Waals surface area contributed by atoms with Crippen molar-refractivity contribution in [1.82, 2.24) is 4.90 Å². The third-order valence-electron chi connectivity index (χ3n) is 6.64. The van der Waals surface area contributed by atoms with Crippen molar-refractivity contribution in [3.63, 3.8) is 0 Å². The van der Waals surface area contributed by atoms with E-state index in [1.165, 1.54) is 6.42 Å². The average Bonchev–Trinajstić information content (AvgIpc) is 2.63. The van der Waals surface area contributed by atoms with Gasteiger partial charge in [-0.15, -0.1) is 0 Å². The molecule has 25 heavy (non-hydrogen) atoms. The van der Waals surface area contributed by atoms with E-state index >= 15 is 0 Å². The van der Waals surface area contributed by atoms with E-state index in [0.717, 1.165) is 63.4 Å². The van der Waals surface area contributed by atoms with Crippen molar-refractivity contribution in [3.05, 3.63) is 35.4 Å². The highest BCUT2D eigenvalue weighted by Gasteiger charge is 2.56. The van der Waals surface area contributed by atoms with Crippen molar-refractivity contribution in [2.45, 2.75) is 81.7 Å². The molecule has 2 aliphatic carbocycles. The van der Waals surface area contributed by atoms with Gasteiger partial charge in [-0.3, -0.25) is 9.59 Å². The molecule has 2 fully saturated rings. The van der Waals surface area contributed by atoms with Crippen molar-refractivity contribution in [3.8, 4) is 0 Å². The van der Waals surface area contributed by atoms with Gasteiger partial charge in [0.15, 0.2) is 0 Å². The van der Waals surface area contributed by atoms with Crippen molar-refractivity contribution < 1.29 is 14.7 Å². The Bertz CT molecular complexity index is 671. The number of rotatable bonds is 2. The number of hydrogen-bond acceptors (Lipinski definition) is 2. The highest BCUT2D eigenvalue weighted by Crippen LogP contribution is 2.51. The number of hydrogen-bond donors (Lipinski definition) is 1. The zero-order valence-corrected chi connectivity index (χ0v) is 14.7. The summed E-state index contributed by atoms with van der Waals surface area (Å²) in [6.07, 6.45) is 10.4. The molecule has 4 heteroatoms. The fraction of sp³-hybridized carbons (Fsp3) is 0.619. The first-order chi connectivity index (χ1) is 12.1. The van der Waals surface area contributed by atoms with E-state index < -0.39 is 17.4 Å². The van der Waals surface area contributed by atoms with Gasteiger partial charge in [0.1, 0.15) is 5.92 Å². The first-order valence-corrected chi connectivity index (χ1v) is 9.80. The summed E-state index contributed by atoms with van der Waals surface area (Å²) >= 11 is 0. The average molecular weight is 341 g/mol. The Kier molecular flexibility index (Phi) is 4.30. The second-order valence-electron chi connectivity index (χ2n) is 7.99. The van der Waals surface area contributed by atoms with Crippen molar-refractivity contribution in [2.75, 3.05) is 0 Å². The largest absolute Gasteiger partial charge is 0.481 e. The van der Waals surface area contributed by atoms with E-state index in [4.69, 9.17) is 0 Å². The van der Waals surface area contributed by atoms with E-state index in [9.17, 15) is 14.7 Å². The Morgan fingerprint density at radius 3 is 2.32 bits per heavy atom. The minimum Gasteiger partial charge on any atom is -0.481 e. The van der Waals surface area contributed by atoms with Crippen LogP contribution >= 0.6 is 0 Å². The minimum absolute atomic E-state index is 0.0712. The molecule has 1 aromatic rings. The number of carbonyl (C=O) groups is 2. The maximum Gasteiger partial charge on any atom is 0.313 e. The van der Waals surface area contributed by atoms with Crippen LogP contribution in [0.3, 0.4) is 0 Å². The lowest BCUT2D eigenvalue weighted by atomic mass is 9.64. The number of carbonyl (C=O) groups excluding carboxylic acids is 1. The van der Waals surface area contributed by atoms with Crippen LogP contribution in [0.5, 0.6) is 0 Å². The lowest BCUT2D eigenvalue weighted by molar-refractivity contribution is -0.145. The summed E-state index contributed by atoms with van der Waals surface area (Å²) in [4.78, 5) is 27.9. The number of amides is 1. The Morgan fingerprint density at radius 2 is 1.64 bits per heavy atom. The Morgan fingerprint density at radius 1 is 1.00 bits per heavy atom. The molecule has 0 unspecified atom stereocenters. The zero-order valence-electron chi connectivity index (χ0n) is 14.7. The van der Waals surface area contributed by atoms with Gasteiger partial charge >= 0.3 is 5.97 Å². The highest BCUT2D eigenvalue weighted by molar-refractivity contribution is 6.01. The van der Waals surface area contributed by atoms with E-state index in [0.29, 0.717) is 5.56 Å². The molecule has 1 spiro atoms. The van der Waals surface area contributed by atoms with Gasteiger partial charge in [-0.05, 0) is 37.3 Å². The molecule has 0 radical (unpaired) electrons. The van der Waals surface area contributed by atoms with E-state index in [2.05, 4.69) is 4.90 Å². The predicted octanol–water partition coefficient (Wildman–Crippen LogP) is 4.35. The zero-order chi connectivity index (χ0) is 17.4. The van der Waals surface area contributed by atoms with Gasteiger partial charge in [0, 0.05) is 11.6 Å². The molecule has 0 aromatic heterocycles. The summed E-state index contributed by atoms with van der Waals surface area (Å²) in [7, 11) is 0. The highest BCUT2D eigenvalue weighted by atomic mass is 16.4. The van der Waals surface area contributed by atoms with E-state index in [1.807, 2.05) is 24.3 Å². The van der Waals surface area contributed by atoms with Crippen LogP contribution in [0.4, 0.5) is 0 Å². The number of fused-ring (bicyclic) bond motifs is 1. The first-order valence-electron chi connectivity index (χ1n) is 9.80. The van der Waals surface area contributed by atoms with E-state index in [1.54, 1.807) is 0 Å². The molecule has 1 N–H and O–H groups in total. The van der Waals surface area contributed by atoms with Crippen LogP contribution in [0.25, 0.3) is 0 Å². The third-order valence-corrected chi connectivity index (χ3v) is 6.64. The molecular formula is C21H27NO3. The maximum absolute atomic E-state index is 13.5. The van der Waals surface area contributed by atoms with Crippen LogP contribution < -0.4 is 0 Å². The van der Waals surface area contributed by atoms with Crippen LogP contribution in [-0.2, 0) is 4.79 Å². The molecule has 134 valence electrons. The smallest absolute Gasteiger partial charge is 0.313 e. The van der Waals surface area contributed by atoms with Crippen LogP contribution in [0.15, 0.2) is 24.3 Å². The van der Waals surface area contributed by atoms with Crippen LogP contribution in [0.2, 0.25) is 0 Å². The number of aliphatic carboxylic acids is 1. The van der Waals surface area contributed by atoms with Crippen LogP contribution in [0.1, 0.15) is 86.0 Å². The van der Waals surface area contributed by atoms with Crippen LogP contribution in [0, 0.1) is 0 Å². The van der Waals surface area contributed by atoms with Gasteiger partial charge in [0.05, 0.1) is 5.54 Å². The second kappa shape index (κ2) is 6.47. The third kappa shape index (κ3) is 2.57. The maximum atomic E-state index is 13.5. The topological polar surface area (TPSA) is 57.6 Å². The monoisotopic (exact) mass is 341 g/mol.